The Hall–Kier alpha value is -1.71. The Bertz CT molecular complexity index is 538. The summed E-state index contributed by atoms with van der Waals surface area (Å²) in [6.07, 6.45) is 3.97. The summed E-state index contributed by atoms with van der Waals surface area (Å²) in [5.74, 6) is 0.784. The summed E-state index contributed by atoms with van der Waals surface area (Å²) in [5.41, 5.74) is -1.18. The van der Waals surface area contributed by atoms with Gasteiger partial charge in [0.25, 0.3) is 0 Å². The molecule has 1 amide bonds. The molecule has 0 radical (unpaired) electrons. The number of nitrogens with zero attached hydrogens (tertiary/aromatic N) is 1. The number of nitrogens with one attached hydrogen (secondary N) is 1. The molecule has 3 rings (SSSR count). The number of hydrogen-bond acceptors (Lipinski definition) is 3. The molecule has 19 heavy (non-hydrogen) atoms. The third-order valence-electron chi connectivity index (χ3n) is 4.90. The lowest BCUT2D eigenvalue weighted by Gasteiger charge is -2.32. The van der Waals surface area contributed by atoms with E-state index in [0.29, 0.717) is 24.6 Å². The molecule has 2 aliphatic carbocycles. The Morgan fingerprint density at radius 3 is 2.79 bits per heavy atom. The van der Waals surface area contributed by atoms with Gasteiger partial charge in [-0.1, -0.05) is 19.9 Å². The summed E-state index contributed by atoms with van der Waals surface area (Å²) < 4.78 is 0. The molecular weight excluding hydrogens is 240 g/mol. The van der Waals surface area contributed by atoms with E-state index in [9.17, 15) is 9.59 Å². The van der Waals surface area contributed by atoms with E-state index >= 15 is 0 Å². The lowest BCUT2D eigenvalue weighted by atomic mass is 9.70. The molecule has 2 aliphatic rings. The number of carbonyl (C=O) groups excluding carboxylic acids is 2. The number of rotatable bonds is 2. The number of carbonyl (C=O) groups is 2. The fourth-order valence-electron chi connectivity index (χ4n) is 3.65. The highest BCUT2D eigenvalue weighted by molar-refractivity contribution is 6.14. The van der Waals surface area contributed by atoms with Crippen LogP contribution in [0.5, 0.6) is 0 Å². The van der Waals surface area contributed by atoms with E-state index in [4.69, 9.17) is 0 Å². The zero-order valence-corrected chi connectivity index (χ0v) is 11.3. The molecule has 100 valence electrons. The normalized spacial score (nSPS) is 31.5. The number of aromatic nitrogens is 1. The van der Waals surface area contributed by atoms with Crippen molar-refractivity contribution in [2.45, 2.75) is 33.1 Å². The van der Waals surface area contributed by atoms with Crippen LogP contribution in [0.15, 0.2) is 24.4 Å². The number of Topliss-reactive ketones (excluding diaryl/α,β-unsaturated/α-hetero) is 1. The first kappa shape index (κ1) is 12.3. The van der Waals surface area contributed by atoms with Crippen LogP contribution in [0, 0.1) is 16.7 Å². The highest BCUT2D eigenvalue weighted by atomic mass is 16.2. The lowest BCUT2D eigenvalue weighted by molar-refractivity contribution is -0.142. The zero-order chi connectivity index (χ0) is 13.7. The van der Waals surface area contributed by atoms with Gasteiger partial charge in [-0.2, -0.15) is 0 Å². The number of anilines is 1. The number of hydrogen-bond donors (Lipinski definition) is 1. The Kier molecular flexibility index (Phi) is 2.52. The number of fused-ring (bicyclic) bond motifs is 2. The van der Waals surface area contributed by atoms with Crippen molar-refractivity contribution in [1.82, 2.24) is 4.98 Å². The molecule has 1 heterocycles. The van der Waals surface area contributed by atoms with Gasteiger partial charge in [-0.3, -0.25) is 9.59 Å². The van der Waals surface area contributed by atoms with Crippen molar-refractivity contribution >= 4 is 17.5 Å². The van der Waals surface area contributed by atoms with Crippen LogP contribution in [-0.2, 0) is 9.59 Å². The molecule has 1 N–H and O–H groups in total. The Balaban J connectivity index is 1.86. The molecule has 4 nitrogen and oxygen atoms in total. The van der Waals surface area contributed by atoms with Gasteiger partial charge in [0.05, 0.1) is 0 Å². The van der Waals surface area contributed by atoms with Crippen LogP contribution >= 0.6 is 0 Å². The Morgan fingerprint density at radius 1 is 1.42 bits per heavy atom. The first-order valence-corrected chi connectivity index (χ1v) is 6.74. The highest BCUT2D eigenvalue weighted by Crippen LogP contribution is 2.60. The minimum atomic E-state index is -0.814. The first-order chi connectivity index (χ1) is 8.97. The number of pyridine rings is 1. The fourth-order valence-corrected chi connectivity index (χ4v) is 3.65. The van der Waals surface area contributed by atoms with E-state index < -0.39 is 5.41 Å². The molecule has 2 unspecified atom stereocenters. The third kappa shape index (κ3) is 1.62. The molecule has 0 aliphatic heterocycles. The van der Waals surface area contributed by atoms with Crippen molar-refractivity contribution in [3.63, 3.8) is 0 Å². The maximum absolute atomic E-state index is 12.6. The summed E-state index contributed by atoms with van der Waals surface area (Å²) in [4.78, 5) is 29.2. The predicted molar refractivity (Wildman–Crippen MR) is 71.4 cm³/mol. The second kappa shape index (κ2) is 3.89. The van der Waals surface area contributed by atoms with Crippen molar-refractivity contribution in [3.8, 4) is 0 Å². The minimum absolute atomic E-state index is 0.102. The van der Waals surface area contributed by atoms with E-state index in [0.717, 1.165) is 6.42 Å². The van der Waals surface area contributed by atoms with Crippen molar-refractivity contribution in [2.24, 2.45) is 16.7 Å². The summed E-state index contributed by atoms with van der Waals surface area (Å²) in [6, 6.07) is 5.35. The minimum Gasteiger partial charge on any atom is -0.310 e. The van der Waals surface area contributed by atoms with Crippen LogP contribution in [0.4, 0.5) is 5.82 Å². The van der Waals surface area contributed by atoms with E-state index in [1.165, 1.54) is 0 Å². The SMILES string of the molecule is CC1(C)C(=O)C2(C(=O)Nc3ccccn3)CCC1C2. The average Bonchev–Trinajstić information content (AvgIpc) is 2.91. The summed E-state index contributed by atoms with van der Waals surface area (Å²) in [5, 5.41) is 2.80. The predicted octanol–water partition coefficient (Wildman–Crippen LogP) is 2.42. The van der Waals surface area contributed by atoms with Crippen LogP contribution in [0.25, 0.3) is 0 Å². The standard InChI is InChI=1S/C15H18N2O2/c1-14(2)10-6-7-15(9-10,12(14)18)13(19)17-11-5-3-4-8-16-11/h3-5,8,10H,6-7,9H2,1-2H3,(H,16,17,19). The zero-order valence-electron chi connectivity index (χ0n) is 11.3. The quantitative estimate of drug-likeness (QED) is 0.829. The van der Waals surface area contributed by atoms with Gasteiger partial charge in [-0.25, -0.2) is 4.98 Å². The fraction of sp³-hybridized carbons (Fsp3) is 0.533. The molecule has 0 spiro atoms. The molecule has 2 bridgehead atoms. The largest absolute Gasteiger partial charge is 0.310 e. The maximum atomic E-state index is 12.6. The summed E-state index contributed by atoms with van der Waals surface area (Å²) in [7, 11) is 0. The van der Waals surface area contributed by atoms with E-state index in [-0.39, 0.29) is 17.1 Å². The van der Waals surface area contributed by atoms with Gasteiger partial charge < -0.3 is 5.32 Å². The van der Waals surface area contributed by atoms with Crippen molar-refractivity contribution in [2.75, 3.05) is 5.32 Å². The van der Waals surface area contributed by atoms with Crippen molar-refractivity contribution < 1.29 is 9.59 Å². The molecule has 0 aromatic carbocycles. The van der Waals surface area contributed by atoms with Crippen molar-refractivity contribution in [1.29, 1.82) is 0 Å². The monoisotopic (exact) mass is 258 g/mol. The molecular formula is C15H18N2O2. The third-order valence-corrected chi connectivity index (χ3v) is 4.90. The van der Waals surface area contributed by atoms with E-state index in [1.54, 1.807) is 18.3 Å². The smallest absolute Gasteiger partial charge is 0.239 e. The molecule has 2 atom stereocenters. The van der Waals surface area contributed by atoms with Crippen LogP contribution in [0.2, 0.25) is 0 Å². The summed E-state index contributed by atoms with van der Waals surface area (Å²) >= 11 is 0. The van der Waals surface area contributed by atoms with Gasteiger partial charge in [-0.15, -0.1) is 0 Å². The summed E-state index contributed by atoms with van der Waals surface area (Å²) in [6.45, 7) is 3.93. The second-order valence-electron chi connectivity index (χ2n) is 6.24. The van der Waals surface area contributed by atoms with Crippen LogP contribution in [0.3, 0.4) is 0 Å². The van der Waals surface area contributed by atoms with Crippen LogP contribution in [-0.4, -0.2) is 16.7 Å². The Labute approximate surface area is 112 Å². The van der Waals surface area contributed by atoms with Gasteiger partial charge in [0, 0.05) is 11.6 Å². The average molecular weight is 258 g/mol. The van der Waals surface area contributed by atoms with E-state index in [1.807, 2.05) is 19.9 Å². The van der Waals surface area contributed by atoms with Gasteiger partial charge in [0.2, 0.25) is 5.91 Å². The maximum Gasteiger partial charge on any atom is 0.239 e. The molecule has 0 saturated heterocycles. The van der Waals surface area contributed by atoms with E-state index in [2.05, 4.69) is 10.3 Å². The number of amides is 1. The van der Waals surface area contributed by atoms with Crippen LogP contribution in [0.1, 0.15) is 33.1 Å². The number of ketones is 1. The van der Waals surface area contributed by atoms with Gasteiger partial charge in [-0.05, 0) is 37.3 Å². The molecule has 2 fully saturated rings. The Morgan fingerprint density at radius 2 is 2.21 bits per heavy atom. The van der Waals surface area contributed by atoms with Gasteiger partial charge in [0.15, 0.2) is 5.78 Å². The van der Waals surface area contributed by atoms with Crippen molar-refractivity contribution in [3.05, 3.63) is 24.4 Å². The lowest BCUT2D eigenvalue weighted by Crippen LogP contribution is -2.44. The first-order valence-electron chi connectivity index (χ1n) is 6.74. The topological polar surface area (TPSA) is 59.1 Å². The molecule has 2 saturated carbocycles. The van der Waals surface area contributed by atoms with Gasteiger partial charge in [0.1, 0.15) is 11.2 Å². The van der Waals surface area contributed by atoms with Crippen LogP contribution < -0.4 is 5.32 Å². The molecule has 1 aromatic rings. The highest BCUT2D eigenvalue weighted by Gasteiger charge is 2.65. The van der Waals surface area contributed by atoms with Gasteiger partial charge >= 0.3 is 0 Å². The second-order valence-corrected chi connectivity index (χ2v) is 6.24. The molecule has 1 aromatic heterocycles. The molecule has 4 heteroatoms.